The molecule has 1 aromatic heterocycles. The Balaban J connectivity index is 2.28. The van der Waals surface area contributed by atoms with Gasteiger partial charge in [0.1, 0.15) is 11.4 Å². The lowest BCUT2D eigenvalue weighted by molar-refractivity contribution is 0.0526. The van der Waals surface area contributed by atoms with Gasteiger partial charge in [-0.1, -0.05) is 0 Å². The molecule has 1 aliphatic carbocycles. The van der Waals surface area contributed by atoms with Crippen LogP contribution >= 0.6 is 0 Å². The summed E-state index contributed by atoms with van der Waals surface area (Å²) in [5, 5.41) is 12.3. The molecule has 1 aliphatic rings. The number of aromatic hydroxyl groups is 1. The van der Waals surface area contributed by atoms with Crippen molar-refractivity contribution >= 4 is 11.8 Å². The van der Waals surface area contributed by atoms with Crippen LogP contribution in [0.15, 0.2) is 6.07 Å². The number of aromatic nitrogens is 1. The number of carbonyl (C=O) groups excluding carboxylic acids is 1. The lowest BCUT2D eigenvalue weighted by Gasteiger charge is -2.27. The van der Waals surface area contributed by atoms with Crippen LogP contribution in [0, 0.1) is 5.82 Å². The Morgan fingerprint density at radius 1 is 1.67 bits per heavy atom. The van der Waals surface area contributed by atoms with Crippen molar-refractivity contribution in [2.24, 2.45) is 0 Å². The van der Waals surface area contributed by atoms with Crippen molar-refractivity contribution in [1.82, 2.24) is 4.98 Å². The Bertz CT molecular complexity index is 461. The zero-order valence-corrected chi connectivity index (χ0v) is 10.1. The monoisotopic (exact) mass is 254 g/mol. The molecule has 2 rings (SSSR count). The summed E-state index contributed by atoms with van der Waals surface area (Å²) in [5.41, 5.74) is 0.0130. The summed E-state index contributed by atoms with van der Waals surface area (Å²) in [6.45, 7) is 1.87. The highest BCUT2D eigenvalue weighted by atomic mass is 19.1. The van der Waals surface area contributed by atoms with Gasteiger partial charge in [-0.15, -0.1) is 0 Å². The number of esters is 1. The van der Waals surface area contributed by atoms with Crippen LogP contribution in [-0.4, -0.2) is 28.7 Å². The van der Waals surface area contributed by atoms with Gasteiger partial charge in [0.2, 0.25) is 5.88 Å². The van der Waals surface area contributed by atoms with E-state index in [1.165, 1.54) is 0 Å². The Hall–Kier alpha value is -1.85. The summed E-state index contributed by atoms with van der Waals surface area (Å²) in [5.74, 6) is -2.12. The molecule has 5 nitrogen and oxygen atoms in total. The molecule has 98 valence electrons. The van der Waals surface area contributed by atoms with Gasteiger partial charge in [-0.2, -0.15) is 4.98 Å². The predicted octanol–water partition coefficient (Wildman–Crippen LogP) is 2.07. The van der Waals surface area contributed by atoms with E-state index in [4.69, 9.17) is 4.74 Å². The Morgan fingerprint density at radius 3 is 2.94 bits per heavy atom. The van der Waals surface area contributed by atoms with Crippen LogP contribution < -0.4 is 5.32 Å². The van der Waals surface area contributed by atoms with E-state index >= 15 is 0 Å². The summed E-state index contributed by atoms with van der Waals surface area (Å²) in [4.78, 5) is 15.3. The number of anilines is 1. The van der Waals surface area contributed by atoms with Gasteiger partial charge >= 0.3 is 5.97 Å². The fraction of sp³-hybridized carbons (Fsp3) is 0.500. The highest BCUT2D eigenvalue weighted by Crippen LogP contribution is 2.27. The molecule has 1 fully saturated rings. The lowest BCUT2D eigenvalue weighted by Crippen LogP contribution is -2.28. The van der Waals surface area contributed by atoms with E-state index in [0.717, 1.165) is 25.3 Å². The average Bonchev–Trinajstić information content (AvgIpc) is 2.28. The number of nitrogens with one attached hydrogen (secondary N) is 1. The third-order valence-corrected chi connectivity index (χ3v) is 2.90. The maximum Gasteiger partial charge on any atom is 0.342 e. The Morgan fingerprint density at radius 2 is 2.39 bits per heavy atom. The van der Waals surface area contributed by atoms with E-state index in [1.807, 2.05) is 0 Å². The minimum Gasteiger partial charge on any atom is -0.491 e. The number of rotatable bonds is 4. The van der Waals surface area contributed by atoms with Gasteiger partial charge in [-0.25, -0.2) is 9.18 Å². The highest BCUT2D eigenvalue weighted by Gasteiger charge is 2.23. The molecule has 2 N–H and O–H groups in total. The smallest absolute Gasteiger partial charge is 0.342 e. The van der Waals surface area contributed by atoms with Crippen molar-refractivity contribution in [2.75, 3.05) is 11.9 Å². The molecule has 0 spiro atoms. The molecule has 1 aromatic rings. The van der Waals surface area contributed by atoms with Gasteiger partial charge in [-0.05, 0) is 32.3 Å². The molecule has 1 saturated carbocycles. The van der Waals surface area contributed by atoms with Crippen molar-refractivity contribution in [3.05, 3.63) is 17.4 Å². The van der Waals surface area contributed by atoms with Gasteiger partial charge < -0.3 is 15.2 Å². The normalized spacial score (nSPS) is 15.0. The lowest BCUT2D eigenvalue weighted by atomic mass is 9.93. The van der Waals surface area contributed by atoms with E-state index in [1.54, 1.807) is 6.92 Å². The SMILES string of the molecule is CCOC(=O)c1cc(F)c(O)nc1NC1CCC1. The Kier molecular flexibility index (Phi) is 3.64. The maximum absolute atomic E-state index is 13.2. The van der Waals surface area contributed by atoms with Crippen molar-refractivity contribution in [2.45, 2.75) is 32.2 Å². The van der Waals surface area contributed by atoms with E-state index in [9.17, 15) is 14.3 Å². The summed E-state index contributed by atoms with van der Waals surface area (Å²) < 4.78 is 18.1. The number of pyridine rings is 1. The molecule has 0 bridgehead atoms. The van der Waals surface area contributed by atoms with E-state index in [0.29, 0.717) is 0 Å². The second-order valence-electron chi connectivity index (χ2n) is 4.18. The van der Waals surface area contributed by atoms with Gasteiger partial charge in [0.25, 0.3) is 0 Å². The fourth-order valence-corrected chi connectivity index (χ4v) is 1.70. The number of hydrogen-bond acceptors (Lipinski definition) is 5. The molecule has 0 atom stereocenters. The van der Waals surface area contributed by atoms with Crippen LogP contribution in [-0.2, 0) is 4.74 Å². The first-order chi connectivity index (χ1) is 8.61. The molecule has 0 amide bonds. The van der Waals surface area contributed by atoms with Crippen LogP contribution in [0.1, 0.15) is 36.5 Å². The molecule has 0 unspecified atom stereocenters. The summed E-state index contributed by atoms with van der Waals surface area (Å²) in [6.07, 6.45) is 3.06. The first-order valence-corrected chi connectivity index (χ1v) is 5.95. The van der Waals surface area contributed by atoms with Crippen molar-refractivity contribution in [3.63, 3.8) is 0 Å². The third-order valence-electron chi connectivity index (χ3n) is 2.90. The molecular weight excluding hydrogens is 239 g/mol. The second kappa shape index (κ2) is 5.20. The molecular formula is C12H15FN2O3. The molecule has 0 aliphatic heterocycles. The predicted molar refractivity (Wildman–Crippen MR) is 63.1 cm³/mol. The van der Waals surface area contributed by atoms with Gasteiger partial charge in [0.15, 0.2) is 5.82 Å². The fourth-order valence-electron chi connectivity index (χ4n) is 1.70. The van der Waals surface area contributed by atoms with E-state index in [2.05, 4.69) is 10.3 Å². The second-order valence-corrected chi connectivity index (χ2v) is 4.18. The van der Waals surface area contributed by atoms with Gasteiger partial charge in [0.05, 0.1) is 6.61 Å². The Labute approximate surface area is 104 Å². The maximum atomic E-state index is 13.2. The van der Waals surface area contributed by atoms with Gasteiger partial charge in [0, 0.05) is 6.04 Å². The standard InChI is InChI=1S/C12H15FN2O3/c1-2-18-12(17)8-6-9(13)11(16)15-10(8)14-7-4-3-5-7/h6-7H,2-5H2,1H3,(H2,14,15,16). The topological polar surface area (TPSA) is 71.5 Å². The summed E-state index contributed by atoms with van der Waals surface area (Å²) in [6, 6.07) is 1.16. The van der Waals surface area contributed by atoms with Crippen LogP contribution in [0.3, 0.4) is 0 Å². The first kappa shape index (κ1) is 12.6. The molecule has 0 radical (unpaired) electrons. The van der Waals surface area contributed by atoms with Crippen molar-refractivity contribution < 1.29 is 19.0 Å². The molecule has 6 heteroatoms. The molecule has 0 aromatic carbocycles. The van der Waals surface area contributed by atoms with Crippen LogP contribution in [0.25, 0.3) is 0 Å². The third kappa shape index (κ3) is 2.52. The number of carbonyl (C=O) groups is 1. The quantitative estimate of drug-likeness (QED) is 0.805. The zero-order valence-electron chi connectivity index (χ0n) is 10.1. The molecule has 1 heterocycles. The number of nitrogens with zero attached hydrogens (tertiary/aromatic N) is 1. The largest absolute Gasteiger partial charge is 0.491 e. The number of hydrogen-bond donors (Lipinski definition) is 2. The van der Waals surface area contributed by atoms with Crippen LogP contribution in [0.4, 0.5) is 10.2 Å². The van der Waals surface area contributed by atoms with E-state index in [-0.39, 0.29) is 24.0 Å². The first-order valence-electron chi connectivity index (χ1n) is 5.95. The average molecular weight is 254 g/mol. The van der Waals surface area contributed by atoms with Crippen molar-refractivity contribution in [1.29, 1.82) is 0 Å². The van der Waals surface area contributed by atoms with E-state index < -0.39 is 17.7 Å². The minimum absolute atomic E-state index is 0.0130. The number of halogens is 1. The highest BCUT2D eigenvalue weighted by molar-refractivity contribution is 5.94. The minimum atomic E-state index is -0.933. The molecule has 18 heavy (non-hydrogen) atoms. The zero-order chi connectivity index (χ0) is 13.1. The van der Waals surface area contributed by atoms with Crippen molar-refractivity contribution in [3.8, 4) is 5.88 Å². The number of ether oxygens (including phenoxy) is 1. The summed E-state index contributed by atoms with van der Waals surface area (Å²) >= 11 is 0. The van der Waals surface area contributed by atoms with Gasteiger partial charge in [-0.3, -0.25) is 0 Å². The van der Waals surface area contributed by atoms with Crippen LogP contribution in [0.5, 0.6) is 5.88 Å². The molecule has 0 saturated heterocycles. The summed E-state index contributed by atoms with van der Waals surface area (Å²) in [7, 11) is 0. The van der Waals surface area contributed by atoms with Crippen LogP contribution in [0.2, 0.25) is 0 Å².